The van der Waals surface area contributed by atoms with Crippen LogP contribution in [0.15, 0.2) is 48.8 Å². The van der Waals surface area contributed by atoms with E-state index in [1.165, 1.54) is 22.5 Å². The Kier molecular flexibility index (Phi) is 4.15. The Morgan fingerprint density at radius 3 is 2.73 bits per heavy atom. The van der Waals surface area contributed by atoms with Gasteiger partial charge in [-0.25, -0.2) is 9.97 Å². The molecule has 0 amide bonds. The quantitative estimate of drug-likeness (QED) is 0.501. The van der Waals surface area contributed by atoms with E-state index in [0.29, 0.717) is 5.92 Å². The number of halogens is 1. The van der Waals surface area contributed by atoms with Crippen molar-refractivity contribution < 1.29 is 0 Å². The molecule has 1 aliphatic heterocycles. The van der Waals surface area contributed by atoms with Crippen molar-refractivity contribution in [3.8, 4) is 0 Å². The molecule has 1 fully saturated rings. The molecule has 0 spiro atoms. The molecule has 1 saturated heterocycles. The third-order valence-corrected chi connectivity index (χ3v) is 6.52. The first-order valence-electron chi connectivity index (χ1n) is 8.95. The van der Waals surface area contributed by atoms with Gasteiger partial charge in [-0.15, -0.1) is 11.3 Å². The van der Waals surface area contributed by atoms with Crippen molar-refractivity contribution in [3.05, 3.63) is 64.5 Å². The van der Waals surface area contributed by atoms with Crippen LogP contribution in [0.25, 0.3) is 15.9 Å². The lowest BCUT2D eigenvalue weighted by atomic mass is 9.97. The van der Waals surface area contributed by atoms with E-state index in [0.717, 1.165) is 41.5 Å². The zero-order valence-electron chi connectivity index (χ0n) is 14.3. The van der Waals surface area contributed by atoms with Gasteiger partial charge >= 0.3 is 0 Å². The number of fused-ring (bicyclic) bond motifs is 2. The van der Waals surface area contributed by atoms with Gasteiger partial charge in [0.25, 0.3) is 0 Å². The first kappa shape index (κ1) is 16.2. The van der Waals surface area contributed by atoms with Gasteiger partial charge in [0.1, 0.15) is 5.65 Å². The molecule has 26 heavy (non-hydrogen) atoms. The number of nitrogens with zero attached hydrogens (tertiary/aromatic N) is 4. The maximum Gasteiger partial charge on any atom is 0.137 e. The van der Waals surface area contributed by atoms with Gasteiger partial charge in [-0.05, 0) is 50.2 Å². The van der Waals surface area contributed by atoms with Gasteiger partial charge in [-0.2, -0.15) is 0 Å². The summed E-state index contributed by atoms with van der Waals surface area (Å²) in [6.07, 6.45) is 6.33. The summed E-state index contributed by atoms with van der Waals surface area (Å²) in [4.78, 5) is 12.1. The van der Waals surface area contributed by atoms with E-state index >= 15 is 0 Å². The fourth-order valence-corrected chi connectivity index (χ4v) is 5.03. The van der Waals surface area contributed by atoms with Crippen LogP contribution in [0.1, 0.15) is 29.5 Å². The minimum absolute atomic E-state index is 0.587. The molecule has 4 heterocycles. The van der Waals surface area contributed by atoms with Crippen molar-refractivity contribution in [2.75, 3.05) is 13.1 Å². The van der Waals surface area contributed by atoms with Gasteiger partial charge in [0.15, 0.2) is 0 Å². The molecular formula is C20H19ClN4S. The Hall–Kier alpha value is -1.95. The fraction of sp³-hybridized carbons (Fsp3) is 0.300. The van der Waals surface area contributed by atoms with E-state index in [9.17, 15) is 0 Å². The SMILES string of the molecule is Clc1ccc2nc(CN3CCC(c4nc5ccccc5s4)CC3)cn2c1. The minimum Gasteiger partial charge on any atom is -0.305 e. The molecule has 1 aliphatic rings. The molecule has 0 radical (unpaired) electrons. The fourth-order valence-electron chi connectivity index (χ4n) is 3.73. The highest BCUT2D eigenvalue weighted by molar-refractivity contribution is 7.18. The second-order valence-electron chi connectivity index (χ2n) is 6.92. The van der Waals surface area contributed by atoms with Crippen LogP contribution in [-0.4, -0.2) is 32.4 Å². The number of benzene rings is 1. The largest absolute Gasteiger partial charge is 0.305 e. The smallest absolute Gasteiger partial charge is 0.137 e. The summed E-state index contributed by atoms with van der Waals surface area (Å²) in [5, 5.41) is 2.03. The van der Waals surface area contributed by atoms with E-state index < -0.39 is 0 Å². The van der Waals surface area contributed by atoms with Crippen molar-refractivity contribution in [2.24, 2.45) is 0 Å². The van der Waals surface area contributed by atoms with Crippen LogP contribution in [-0.2, 0) is 6.54 Å². The molecule has 0 bridgehead atoms. The third-order valence-electron chi connectivity index (χ3n) is 5.10. The van der Waals surface area contributed by atoms with Crippen molar-refractivity contribution >= 4 is 38.8 Å². The van der Waals surface area contributed by atoms with Crippen LogP contribution >= 0.6 is 22.9 Å². The first-order valence-corrected chi connectivity index (χ1v) is 10.1. The lowest BCUT2D eigenvalue weighted by Gasteiger charge is -2.30. The molecular weight excluding hydrogens is 364 g/mol. The highest BCUT2D eigenvalue weighted by Gasteiger charge is 2.23. The maximum absolute atomic E-state index is 6.06. The molecule has 0 atom stereocenters. The number of para-hydroxylation sites is 1. The molecule has 5 rings (SSSR count). The van der Waals surface area contributed by atoms with Gasteiger partial charge in [0.2, 0.25) is 0 Å². The van der Waals surface area contributed by atoms with Crippen LogP contribution in [0.2, 0.25) is 5.02 Å². The van der Waals surface area contributed by atoms with Crippen molar-refractivity contribution in [3.63, 3.8) is 0 Å². The first-order chi connectivity index (χ1) is 12.7. The third kappa shape index (κ3) is 3.11. The van der Waals surface area contributed by atoms with Crippen molar-refractivity contribution in [1.82, 2.24) is 19.3 Å². The zero-order valence-corrected chi connectivity index (χ0v) is 15.9. The predicted octanol–water partition coefficient (Wildman–Crippen LogP) is 4.98. The minimum atomic E-state index is 0.587. The van der Waals surface area contributed by atoms with Crippen LogP contribution in [0.4, 0.5) is 0 Å². The predicted molar refractivity (Wildman–Crippen MR) is 107 cm³/mol. The van der Waals surface area contributed by atoms with Gasteiger partial charge in [0, 0.05) is 24.9 Å². The highest BCUT2D eigenvalue weighted by Crippen LogP contribution is 2.34. The summed E-state index contributed by atoms with van der Waals surface area (Å²) < 4.78 is 3.30. The van der Waals surface area contributed by atoms with Crippen molar-refractivity contribution in [2.45, 2.75) is 25.3 Å². The second kappa shape index (κ2) is 6.65. The molecule has 6 heteroatoms. The van der Waals surface area contributed by atoms with E-state index in [2.05, 4.69) is 35.4 Å². The summed E-state index contributed by atoms with van der Waals surface area (Å²) >= 11 is 7.91. The van der Waals surface area contributed by atoms with Crippen LogP contribution in [0.3, 0.4) is 0 Å². The number of pyridine rings is 1. The number of rotatable bonds is 3. The number of aromatic nitrogens is 3. The Morgan fingerprint density at radius 1 is 1.04 bits per heavy atom. The molecule has 4 aromatic rings. The Morgan fingerprint density at radius 2 is 1.88 bits per heavy atom. The summed E-state index contributed by atoms with van der Waals surface area (Å²) in [6.45, 7) is 3.08. The van der Waals surface area contributed by atoms with E-state index in [-0.39, 0.29) is 0 Å². The van der Waals surface area contributed by atoms with Gasteiger partial charge in [-0.3, -0.25) is 4.90 Å². The van der Waals surface area contributed by atoms with E-state index in [1.807, 2.05) is 34.1 Å². The lowest BCUT2D eigenvalue weighted by molar-refractivity contribution is 0.203. The van der Waals surface area contributed by atoms with Gasteiger partial charge in [-0.1, -0.05) is 23.7 Å². The maximum atomic E-state index is 6.06. The average molecular weight is 383 g/mol. The Labute approximate surface area is 161 Å². The molecule has 3 aromatic heterocycles. The highest BCUT2D eigenvalue weighted by atomic mass is 35.5. The molecule has 0 N–H and O–H groups in total. The summed E-state index contributed by atoms with van der Waals surface area (Å²) in [5.41, 5.74) is 3.19. The number of hydrogen-bond donors (Lipinski definition) is 0. The zero-order chi connectivity index (χ0) is 17.5. The number of hydrogen-bond acceptors (Lipinski definition) is 4. The van der Waals surface area contributed by atoms with Crippen LogP contribution in [0.5, 0.6) is 0 Å². The number of piperidine rings is 1. The number of imidazole rings is 1. The summed E-state index contributed by atoms with van der Waals surface area (Å²) in [7, 11) is 0. The van der Waals surface area contributed by atoms with Crippen LogP contribution in [0, 0.1) is 0 Å². The molecule has 1 aromatic carbocycles. The summed E-state index contributed by atoms with van der Waals surface area (Å²) in [5.74, 6) is 0.587. The van der Waals surface area contributed by atoms with Gasteiger partial charge < -0.3 is 4.40 Å². The standard InChI is InChI=1S/C20H19ClN4S/c21-15-5-6-19-22-16(13-25(19)11-15)12-24-9-7-14(8-10-24)20-23-17-3-1-2-4-18(17)26-20/h1-6,11,13-14H,7-10,12H2. The van der Waals surface area contributed by atoms with Crippen LogP contribution < -0.4 is 0 Å². The number of likely N-dealkylation sites (tertiary alicyclic amines) is 1. The average Bonchev–Trinajstić information content (AvgIpc) is 3.25. The number of thiazole rings is 1. The molecule has 4 nitrogen and oxygen atoms in total. The molecule has 0 saturated carbocycles. The molecule has 0 aliphatic carbocycles. The second-order valence-corrected chi connectivity index (χ2v) is 8.41. The Bertz CT molecular complexity index is 1030. The summed E-state index contributed by atoms with van der Waals surface area (Å²) in [6, 6.07) is 12.3. The lowest BCUT2D eigenvalue weighted by Crippen LogP contribution is -2.32. The topological polar surface area (TPSA) is 33.4 Å². The van der Waals surface area contributed by atoms with Crippen molar-refractivity contribution in [1.29, 1.82) is 0 Å². The Balaban J connectivity index is 1.26. The molecule has 132 valence electrons. The van der Waals surface area contributed by atoms with E-state index in [1.54, 1.807) is 0 Å². The molecule has 0 unspecified atom stereocenters. The van der Waals surface area contributed by atoms with Gasteiger partial charge in [0.05, 0.1) is 25.9 Å². The van der Waals surface area contributed by atoms with E-state index in [4.69, 9.17) is 21.6 Å². The normalized spacial score (nSPS) is 16.7. The monoisotopic (exact) mass is 382 g/mol.